The number of nitrogens with zero attached hydrogens (tertiary/aromatic N) is 2. The van der Waals surface area contributed by atoms with Gasteiger partial charge in [0, 0.05) is 17.7 Å². The molecule has 3 rings (SSSR count). The van der Waals surface area contributed by atoms with Crippen LogP contribution in [0.1, 0.15) is 38.8 Å². The molecule has 29 heavy (non-hydrogen) atoms. The Kier molecular flexibility index (Phi) is 6.08. The molecule has 154 valence electrons. The van der Waals surface area contributed by atoms with Crippen LogP contribution in [-0.4, -0.2) is 36.5 Å². The van der Waals surface area contributed by atoms with E-state index in [9.17, 15) is 9.18 Å². The van der Waals surface area contributed by atoms with E-state index in [0.29, 0.717) is 18.7 Å². The monoisotopic (exact) mass is 396 g/mol. The van der Waals surface area contributed by atoms with Gasteiger partial charge in [-0.3, -0.25) is 9.69 Å². The molecule has 0 spiro atoms. The fraction of sp³-hybridized carbons (Fsp3) is 0.375. The first-order chi connectivity index (χ1) is 13.7. The van der Waals surface area contributed by atoms with E-state index >= 15 is 0 Å². The van der Waals surface area contributed by atoms with Gasteiger partial charge in [0.25, 0.3) is 0 Å². The number of halogens is 1. The number of carbonyl (C=O) groups excluding carboxylic acids is 1. The summed E-state index contributed by atoms with van der Waals surface area (Å²) < 4.78 is 19.6. The Bertz CT molecular complexity index is 936. The van der Waals surface area contributed by atoms with Crippen molar-refractivity contribution >= 4 is 17.2 Å². The highest BCUT2D eigenvalue weighted by Crippen LogP contribution is 2.40. The van der Waals surface area contributed by atoms with Gasteiger partial charge in [-0.2, -0.15) is 0 Å². The van der Waals surface area contributed by atoms with Crippen molar-refractivity contribution in [3.05, 3.63) is 65.5 Å². The number of likely N-dealkylation sites (N-methyl/N-ethyl adjacent to an activating group) is 1. The van der Waals surface area contributed by atoms with Gasteiger partial charge < -0.3 is 9.64 Å². The molecule has 1 amide bonds. The van der Waals surface area contributed by atoms with Gasteiger partial charge >= 0.3 is 0 Å². The summed E-state index contributed by atoms with van der Waals surface area (Å²) in [5.41, 5.74) is 3.12. The van der Waals surface area contributed by atoms with Gasteiger partial charge in [-0.25, -0.2) is 4.39 Å². The Balaban J connectivity index is 1.85. The van der Waals surface area contributed by atoms with Crippen molar-refractivity contribution in [2.45, 2.75) is 39.8 Å². The van der Waals surface area contributed by atoms with Crippen LogP contribution in [0.4, 0.5) is 10.1 Å². The van der Waals surface area contributed by atoms with Crippen LogP contribution in [0.3, 0.4) is 0 Å². The van der Waals surface area contributed by atoms with E-state index in [1.807, 2.05) is 61.9 Å². The number of benzene rings is 2. The minimum Gasteiger partial charge on any atom is -0.494 e. The molecular formula is C24H29FN2O2. The highest BCUT2D eigenvalue weighted by molar-refractivity contribution is 6.01. The first-order valence-corrected chi connectivity index (χ1v) is 9.94. The Morgan fingerprint density at radius 3 is 2.62 bits per heavy atom. The fourth-order valence-electron chi connectivity index (χ4n) is 4.00. The summed E-state index contributed by atoms with van der Waals surface area (Å²) in [5, 5.41) is 0. The second kappa shape index (κ2) is 8.37. The number of fused-ring (bicyclic) bond motifs is 1. The molecule has 0 atom stereocenters. The van der Waals surface area contributed by atoms with Crippen molar-refractivity contribution in [1.82, 2.24) is 4.90 Å². The molecule has 0 aliphatic carbocycles. The molecule has 4 nitrogen and oxygen atoms in total. The number of hydrogen-bond acceptors (Lipinski definition) is 3. The predicted octanol–water partition coefficient (Wildman–Crippen LogP) is 4.88. The Labute approximate surface area is 172 Å². The van der Waals surface area contributed by atoms with Crippen LogP contribution in [0.25, 0.3) is 5.57 Å². The number of anilines is 1. The van der Waals surface area contributed by atoms with Crippen molar-refractivity contribution in [3.63, 3.8) is 0 Å². The Hall–Kier alpha value is -2.66. The van der Waals surface area contributed by atoms with Crippen molar-refractivity contribution in [1.29, 1.82) is 0 Å². The SMILES string of the molecule is CCOc1ccc2c(c1)C(C)=CC(C)(C)N2C(=O)CN(C)Cc1ccccc1F. The number of amides is 1. The van der Waals surface area contributed by atoms with E-state index in [1.165, 1.54) is 6.07 Å². The maximum absolute atomic E-state index is 14.0. The van der Waals surface area contributed by atoms with Crippen molar-refractivity contribution < 1.29 is 13.9 Å². The van der Waals surface area contributed by atoms with Crippen LogP contribution in [-0.2, 0) is 11.3 Å². The van der Waals surface area contributed by atoms with E-state index in [-0.39, 0.29) is 18.3 Å². The van der Waals surface area contributed by atoms with Gasteiger partial charge in [0.15, 0.2) is 0 Å². The third-order valence-electron chi connectivity index (χ3n) is 5.14. The van der Waals surface area contributed by atoms with E-state index in [2.05, 4.69) is 13.0 Å². The lowest BCUT2D eigenvalue weighted by atomic mass is 9.88. The first-order valence-electron chi connectivity index (χ1n) is 9.94. The molecule has 0 saturated heterocycles. The highest BCUT2D eigenvalue weighted by atomic mass is 19.1. The smallest absolute Gasteiger partial charge is 0.241 e. The second-order valence-corrected chi connectivity index (χ2v) is 8.09. The van der Waals surface area contributed by atoms with E-state index in [0.717, 1.165) is 22.6 Å². The van der Waals surface area contributed by atoms with Crippen LogP contribution in [0.15, 0.2) is 48.5 Å². The summed E-state index contributed by atoms with van der Waals surface area (Å²) in [4.78, 5) is 17.0. The molecule has 0 aromatic heterocycles. The number of allylic oxidation sites excluding steroid dienone is 1. The number of hydrogen-bond donors (Lipinski definition) is 0. The number of rotatable bonds is 6. The molecule has 1 aliphatic rings. The molecule has 2 aromatic carbocycles. The zero-order valence-corrected chi connectivity index (χ0v) is 17.8. The van der Waals surface area contributed by atoms with Crippen LogP contribution in [0.5, 0.6) is 5.75 Å². The van der Waals surface area contributed by atoms with Crippen molar-refractivity contribution in [2.24, 2.45) is 0 Å². The van der Waals surface area contributed by atoms with Crippen molar-refractivity contribution in [3.8, 4) is 5.75 Å². The van der Waals surface area contributed by atoms with Crippen LogP contribution in [0.2, 0.25) is 0 Å². The largest absolute Gasteiger partial charge is 0.494 e. The third kappa shape index (κ3) is 4.51. The van der Waals surface area contributed by atoms with E-state index in [1.54, 1.807) is 12.1 Å². The van der Waals surface area contributed by atoms with Crippen LogP contribution in [0, 0.1) is 5.82 Å². The maximum Gasteiger partial charge on any atom is 0.241 e. The lowest BCUT2D eigenvalue weighted by molar-refractivity contribution is -0.120. The van der Waals surface area contributed by atoms with Crippen LogP contribution >= 0.6 is 0 Å². The molecule has 2 aromatic rings. The average Bonchev–Trinajstić information content (AvgIpc) is 2.63. The van der Waals surface area contributed by atoms with Crippen LogP contribution < -0.4 is 9.64 Å². The quantitative estimate of drug-likeness (QED) is 0.697. The summed E-state index contributed by atoms with van der Waals surface area (Å²) in [5.74, 6) is 0.517. The molecule has 0 bridgehead atoms. The summed E-state index contributed by atoms with van der Waals surface area (Å²) in [6, 6.07) is 12.5. The number of carbonyl (C=O) groups is 1. The summed E-state index contributed by atoms with van der Waals surface area (Å²) >= 11 is 0. The Morgan fingerprint density at radius 2 is 1.93 bits per heavy atom. The molecular weight excluding hydrogens is 367 g/mol. The van der Waals surface area contributed by atoms with Gasteiger partial charge in [-0.1, -0.05) is 24.3 Å². The molecule has 0 unspecified atom stereocenters. The van der Waals surface area contributed by atoms with Gasteiger partial charge in [-0.15, -0.1) is 0 Å². The zero-order chi connectivity index (χ0) is 21.2. The standard InChI is InChI=1S/C24H29FN2O2/c1-6-29-19-11-12-22-20(13-19)17(2)14-24(3,4)27(22)23(28)16-26(5)15-18-9-7-8-10-21(18)25/h7-14H,6,15-16H2,1-5H3. The summed E-state index contributed by atoms with van der Waals surface area (Å²) in [6.45, 7) is 9.23. The Morgan fingerprint density at radius 1 is 1.21 bits per heavy atom. The third-order valence-corrected chi connectivity index (χ3v) is 5.14. The predicted molar refractivity (Wildman–Crippen MR) is 116 cm³/mol. The molecule has 0 fully saturated rings. The molecule has 1 aliphatic heterocycles. The highest BCUT2D eigenvalue weighted by Gasteiger charge is 2.36. The van der Waals surface area contributed by atoms with E-state index in [4.69, 9.17) is 4.74 Å². The molecule has 0 N–H and O–H groups in total. The summed E-state index contributed by atoms with van der Waals surface area (Å²) in [6.07, 6.45) is 2.11. The van der Waals surface area contributed by atoms with Gasteiger partial charge in [-0.05, 0) is 64.6 Å². The van der Waals surface area contributed by atoms with Crippen molar-refractivity contribution in [2.75, 3.05) is 25.1 Å². The average molecular weight is 397 g/mol. The van der Waals surface area contributed by atoms with Gasteiger partial charge in [0.2, 0.25) is 5.91 Å². The number of ether oxygens (including phenoxy) is 1. The molecule has 0 radical (unpaired) electrons. The zero-order valence-electron chi connectivity index (χ0n) is 17.8. The second-order valence-electron chi connectivity index (χ2n) is 8.09. The molecule has 0 saturated carbocycles. The van der Waals surface area contributed by atoms with E-state index < -0.39 is 5.54 Å². The normalized spacial score (nSPS) is 15.1. The molecule has 5 heteroatoms. The minimum atomic E-state index is -0.458. The summed E-state index contributed by atoms with van der Waals surface area (Å²) in [7, 11) is 1.83. The minimum absolute atomic E-state index is 0.0250. The first kappa shape index (κ1) is 21.1. The fourth-order valence-corrected chi connectivity index (χ4v) is 4.00. The molecule has 1 heterocycles. The van der Waals surface area contributed by atoms with Gasteiger partial charge in [0.1, 0.15) is 11.6 Å². The van der Waals surface area contributed by atoms with Gasteiger partial charge in [0.05, 0.1) is 24.4 Å². The topological polar surface area (TPSA) is 32.8 Å². The lowest BCUT2D eigenvalue weighted by Crippen LogP contribution is -2.51. The lowest BCUT2D eigenvalue weighted by Gasteiger charge is -2.42. The maximum atomic E-state index is 14.0.